The standard InChI is InChI=1S/C21H19ClF3N5O3/c22-12-6-4-11(5-7-12)16-8-15(20(32)27-19(25)17(31)18(23)24)21(33)30(28-16)14-9-26-29(10-14)13-2-1-3-13/h4-10,13,17-19,31H,1-3H2,(H,27,32). The molecule has 2 atom stereocenters. The van der Waals surface area contributed by atoms with E-state index in [1.54, 1.807) is 40.5 Å². The highest BCUT2D eigenvalue weighted by atomic mass is 35.5. The molecule has 2 N–H and O–H groups in total. The van der Waals surface area contributed by atoms with Crippen LogP contribution in [0, 0.1) is 0 Å². The molecule has 1 aromatic carbocycles. The molecule has 0 spiro atoms. The molecule has 2 heterocycles. The van der Waals surface area contributed by atoms with E-state index in [-0.39, 0.29) is 17.4 Å². The fourth-order valence-electron chi connectivity index (χ4n) is 3.30. The Morgan fingerprint density at radius 2 is 1.91 bits per heavy atom. The van der Waals surface area contributed by atoms with Crippen molar-refractivity contribution in [2.45, 2.75) is 44.1 Å². The van der Waals surface area contributed by atoms with Crippen LogP contribution in [0.25, 0.3) is 16.9 Å². The molecule has 174 valence electrons. The molecule has 0 radical (unpaired) electrons. The summed E-state index contributed by atoms with van der Waals surface area (Å²) in [5.41, 5.74) is -0.496. The van der Waals surface area contributed by atoms with Crippen LogP contribution >= 0.6 is 11.6 Å². The number of carbonyl (C=O) groups is 1. The Morgan fingerprint density at radius 1 is 1.21 bits per heavy atom. The van der Waals surface area contributed by atoms with Crippen molar-refractivity contribution < 1.29 is 23.1 Å². The lowest BCUT2D eigenvalue weighted by molar-refractivity contribution is -0.0551. The normalized spacial score (nSPS) is 15.8. The van der Waals surface area contributed by atoms with Crippen molar-refractivity contribution in [1.82, 2.24) is 24.9 Å². The van der Waals surface area contributed by atoms with Crippen LogP contribution in [0.15, 0.2) is 47.5 Å². The Kier molecular flexibility index (Phi) is 6.52. The molecule has 12 heteroatoms. The molecule has 2 unspecified atom stereocenters. The zero-order valence-electron chi connectivity index (χ0n) is 17.0. The quantitative estimate of drug-likeness (QED) is 0.505. The number of aliphatic hydroxyl groups excluding tert-OH is 1. The fraction of sp³-hybridized carbons (Fsp3) is 0.333. The third-order valence-corrected chi connectivity index (χ3v) is 5.66. The number of hydrogen-bond acceptors (Lipinski definition) is 5. The third kappa shape index (κ3) is 4.79. The Morgan fingerprint density at radius 3 is 2.52 bits per heavy atom. The summed E-state index contributed by atoms with van der Waals surface area (Å²) in [7, 11) is 0. The summed E-state index contributed by atoms with van der Waals surface area (Å²) in [5, 5.41) is 19.8. The zero-order chi connectivity index (χ0) is 23.7. The minimum atomic E-state index is -3.42. The van der Waals surface area contributed by atoms with Gasteiger partial charge in [-0.1, -0.05) is 23.7 Å². The molecule has 0 aliphatic heterocycles. The highest BCUT2D eigenvalue weighted by molar-refractivity contribution is 6.30. The van der Waals surface area contributed by atoms with Crippen LogP contribution in [-0.4, -0.2) is 49.4 Å². The van der Waals surface area contributed by atoms with Crippen molar-refractivity contribution in [3.63, 3.8) is 0 Å². The van der Waals surface area contributed by atoms with E-state index in [0.717, 1.165) is 30.0 Å². The predicted molar refractivity (Wildman–Crippen MR) is 113 cm³/mol. The van der Waals surface area contributed by atoms with E-state index in [2.05, 4.69) is 10.2 Å². The zero-order valence-corrected chi connectivity index (χ0v) is 17.8. The van der Waals surface area contributed by atoms with Gasteiger partial charge >= 0.3 is 0 Å². The van der Waals surface area contributed by atoms with Gasteiger partial charge in [-0.3, -0.25) is 14.3 Å². The van der Waals surface area contributed by atoms with Gasteiger partial charge in [-0.05, 0) is 37.5 Å². The lowest BCUT2D eigenvalue weighted by Crippen LogP contribution is -2.45. The van der Waals surface area contributed by atoms with Crippen LogP contribution in [0.4, 0.5) is 13.2 Å². The summed E-state index contributed by atoms with van der Waals surface area (Å²) in [4.78, 5) is 25.6. The Bertz CT molecular complexity index is 1210. The molecule has 4 rings (SSSR count). The average Bonchev–Trinajstić information content (AvgIpc) is 3.21. The molecule has 1 fully saturated rings. The molecule has 8 nitrogen and oxygen atoms in total. The number of halogens is 4. The summed E-state index contributed by atoms with van der Waals surface area (Å²) >= 11 is 5.92. The summed E-state index contributed by atoms with van der Waals surface area (Å²) in [5.74, 6) is -1.27. The van der Waals surface area contributed by atoms with Crippen LogP contribution in [0.2, 0.25) is 5.02 Å². The van der Waals surface area contributed by atoms with Gasteiger partial charge < -0.3 is 10.4 Å². The van der Waals surface area contributed by atoms with Gasteiger partial charge in [0.1, 0.15) is 11.3 Å². The SMILES string of the molecule is O=C(NC(F)C(O)C(F)F)c1cc(-c2ccc(Cl)cc2)nn(-c2cnn(C3CCC3)c2)c1=O. The smallest absolute Gasteiger partial charge is 0.284 e. The summed E-state index contributed by atoms with van der Waals surface area (Å²) < 4.78 is 41.7. The Labute approximate surface area is 190 Å². The summed E-state index contributed by atoms with van der Waals surface area (Å²) in [6.07, 6.45) is -2.94. The molecular formula is C21H19ClF3N5O3. The predicted octanol–water partition coefficient (Wildman–Crippen LogP) is 3.13. The Balaban J connectivity index is 1.76. The molecular weight excluding hydrogens is 463 g/mol. The van der Waals surface area contributed by atoms with E-state index in [0.29, 0.717) is 10.6 Å². The number of carbonyl (C=O) groups excluding carboxylic acids is 1. The van der Waals surface area contributed by atoms with Gasteiger partial charge in [0.05, 0.1) is 24.1 Å². The number of benzene rings is 1. The molecule has 2 aromatic heterocycles. The second-order valence-corrected chi connectivity index (χ2v) is 8.07. The first-order chi connectivity index (χ1) is 15.7. The lowest BCUT2D eigenvalue weighted by atomic mass is 9.93. The molecule has 0 bridgehead atoms. The topological polar surface area (TPSA) is 102 Å². The molecule has 3 aromatic rings. The van der Waals surface area contributed by atoms with Gasteiger partial charge in [-0.2, -0.15) is 14.9 Å². The van der Waals surface area contributed by atoms with Crippen molar-refractivity contribution in [3.05, 3.63) is 63.7 Å². The number of aromatic nitrogens is 4. The monoisotopic (exact) mass is 481 g/mol. The van der Waals surface area contributed by atoms with Crippen molar-refractivity contribution in [1.29, 1.82) is 0 Å². The van der Waals surface area contributed by atoms with Crippen molar-refractivity contribution >= 4 is 17.5 Å². The first-order valence-corrected chi connectivity index (χ1v) is 10.5. The van der Waals surface area contributed by atoms with E-state index in [1.807, 2.05) is 0 Å². The van der Waals surface area contributed by atoms with Gasteiger partial charge in [-0.15, -0.1) is 0 Å². The molecule has 0 saturated heterocycles. The van der Waals surface area contributed by atoms with Gasteiger partial charge in [0.15, 0.2) is 6.10 Å². The molecule has 1 aliphatic rings. The highest BCUT2D eigenvalue weighted by Gasteiger charge is 2.30. The average molecular weight is 482 g/mol. The minimum Gasteiger partial charge on any atom is -0.382 e. The van der Waals surface area contributed by atoms with E-state index >= 15 is 0 Å². The van der Waals surface area contributed by atoms with Gasteiger partial charge in [0.25, 0.3) is 17.9 Å². The summed E-state index contributed by atoms with van der Waals surface area (Å²) in [6, 6.07) is 7.71. The maximum Gasteiger partial charge on any atom is 0.284 e. The minimum absolute atomic E-state index is 0.178. The number of alkyl halides is 3. The molecule has 1 amide bonds. The molecule has 1 saturated carbocycles. The second kappa shape index (κ2) is 9.36. The third-order valence-electron chi connectivity index (χ3n) is 5.40. The number of nitrogens with zero attached hydrogens (tertiary/aromatic N) is 4. The Hall–Kier alpha value is -3.18. The van der Waals surface area contributed by atoms with Crippen molar-refractivity contribution in [2.24, 2.45) is 0 Å². The lowest BCUT2D eigenvalue weighted by Gasteiger charge is -2.25. The van der Waals surface area contributed by atoms with E-state index < -0.39 is 35.9 Å². The van der Waals surface area contributed by atoms with Crippen LogP contribution in [-0.2, 0) is 0 Å². The van der Waals surface area contributed by atoms with Crippen LogP contribution < -0.4 is 10.9 Å². The van der Waals surface area contributed by atoms with E-state index in [4.69, 9.17) is 11.6 Å². The summed E-state index contributed by atoms with van der Waals surface area (Å²) in [6.45, 7) is 0. The van der Waals surface area contributed by atoms with Gasteiger partial charge in [0, 0.05) is 10.6 Å². The highest BCUT2D eigenvalue weighted by Crippen LogP contribution is 2.31. The maximum absolute atomic E-state index is 13.9. The van der Waals surface area contributed by atoms with Crippen LogP contribution in [0.5, 0.6) is 0 Å². The van der Waals surface area contributed by atoms with Crippen molar-refractivity contribution in [2.75, 3.05) is 0 Å². The maximum atomic E-state index is 13.9. The van der Waals surface area contributed by atoms with Crippen molar-refractivity contribution in [3.8, 4) is 16.9 Å². The van der Waals surface area contributed by atoms with Crippen LogP contribution in [0.3, 0.4) is 0 Å². The van der Waals surface area contributed by atoms with E-state index in [1.165, 1.54) is 6.20 Å². The molecule has 1 aliphatic carbocycles. The van der Waals surface area contributed by atoms with Gasteiger partial charge in [-0.25, -0.2) is 13.2 Å². The first-order valence-electron chi connectivity index (χ1n) is 10.1. The molecule has 33 heavy (non-hydrogen) atoms. The second-order valence-electron chi connectivity index (χ2n) is 7.63. The number of amides is 1. The van der Waals surface area contributed by atoms with Gasteiger partial charge in [0.2, 0.25) is 6.30 Å². The number of hydrogen-bond donors (Lipinski definition) is 2. The van der Waals surface area contributed by atoms with E-state index in [9.17, 15) is 27.9 Å². The first kappa shape index (κ1) is 23.0. The van der Waals surface area contributed by atoms with Crippen LogP contribution in [0.1, 0.15) is 35.7 Å². The fourth-order valence-corrected chi connectivity index (χ4v) is 3.42. The number of nitrogens with one attached hydrogen (secondary N) is 1. The largest absolute Gasteiger partial charge is 0.382 e. The number of rotatable bonds is 7. The number of aliphatic hydroxyl groups is 1.